The summed E-state index contributed by atoms with van der Waals surface area (Å²) in [5.41, 5.74) is 0.842. The number of carbonyl (C=O) groups is 1. The molecular formula is C19H21N3O3S. The first-order valence-corrected chi connectivity index (χ1v) is 9.08. The number of hydrogen-bond acceptors (Lipinski definition) is 4. The number of hydrogen-bond donors (Lipinski definition) is 2. The van der Waals surface area contributed by atoms with E-state index in [-0.39, 0.29) is 18.0 Å². The van der Waals surface area contributed by atoms with Crippen LogP contribution in [0.5, 0.6) is 0 Å². The van der Waals surface area contributed by atoms with E-state index >= 15 is 0 Å². The van der Waals surface area contributed by atoms with E-state index in [2.05, 4.69) is 17.2 Å². The van der Waals surface area contributed by atoms with E-state index in [4.69, 9.17) is 16.6 Å². The lowest BCUT2D eigenvalue weighted by atomic mass is 10.1. The molecule has 0 saturated heterocycles. The minimum atomic E-state index is -0.213. The number of fused-ring (bicyclic) bond motifs is 1. The Bertz CT molecular complexity index is 1020. The SMILES string of the molecule is CCCCCNC(=O)c1ccc2c(=O)n(Cc3ccco3)c(=S)[nH]c2c1. The molecule has 0 bridgehead atoms. The number of nitrogens with zero attached hydrogens (tertiary/aromatic N) is 1. The normalized spacial score (nSPS) is 11.0. The van der Waals surface area contributed by atoms with E-state index in [1.165, 1.54) is 4.57 Å². The van der Waals surface area contributed by atoms with E-state index in [1.807, 2.05) is 0 Å². The van der Waals surface area contributed by atoms with Crippen LogP contribution in [0, 0.1) is 4.77 Å². The summed E-state index contributed by atoms with van der Waals surface area (Å²) in [6.45, 7) is 3.02. The zero-order valence-electron chi connectivity index (χ0n) is 14.6. The van der Waals surface area contributed by atoms with Gasteiger partial charge in [-0.25, -0.2) is 0 Å². The summed E-state index contributed by atoms with van der Waals surface area (Å²) in [5.74, 6) is 0.496. The Hall–Kier alpha value is -2.67. The van der Waals surface area contributed by atoms with Crippen LogP contribution in [-0.4, -0.2) is 22.0 Å². The van der Waals surface area contributed by atoms with Crippen molar-refractivity contribution < 1.29 is 9.21 Å². The number of unbranched alkanes of at least 4 members (excludes halogenated alkanes) is 2. The van der Waals surface area contributed by atoms with Gasteiger partial charge in [0, 0.05) is 12.1 Å². The zero-order chi connectivity index (χ0) is 18.5. The highest BCUT2D eigenvalue weighted by Gasteiger charge is 2.11. The number of aromatic nitrogens is 2. The Morgan fingerprint density at radius 1 is 1.31 bits per heavy atom. The lowest BCUT2D eigenvalue weighted by Gasteiger charge is -2.09. The highest BCUT2D eigenvalue weighted by Crippen LogP contribution is 2.12. The summed E-state index contributed by atoms with van der Waals surface area (Å²) in [4.78, 5) is 28.0. The second-order valence-electron chi connectivity index (χ2n) is 6.12. The van der Waals surface area contributed by atoms with Crippen molar-refractivity contribution in [2.75, 3.05) is 6.54 Å². The summed E-state index contributed by atoms with van der Waals surface area (Å²) in [5, 5.41) is 3.37. The maximum absolute atomic E-state index is 12.7. The van der Waals surface area contributed by atoms with Crippen LogP contribution in [0.25, 0.3) is 10.9 Å². The minimum absolute atomic E-state index is 0.151. The maximum Gasteiger partial charge on any atom is 0.262 e. The number of amides is 1. The molecule has 0 aliphatic carbocycles. The quantitative estimate of drug-likeness (QED) is 0.491. The van der Waals surface area contributed by atoms with Gasteiger partial charge in [-0.3, -0.25) is 14.2 Å². The van der Waals surface area contributed by atoms with Crippen molar-refractivity contribution >= 4 is 29.0 Å². The molecule has 0 fully saturated rings. The smallest absolute Gasteiger partial charge is 0.262 e. The second-order valence-corrected chi connectivity index (χ2v) is 6.51. The second kappa shape index (κ2) is 8.14. The maximum atomic E-state index is 12.7. The van der Waals surface area contributed by atoms with Crippen LogP contribution in [0.15, 0.2) is 45.8 Å². The van der Waals surface area contributed by atoms with Gasteiger partial charge in [0.25, 0.3) is 11.5 Å². The molecule has 2 N–H and O–H groups in total. The monoisotopic (exact) mass is 371 g/mol. The largest absolute Gasteiger partial charge is 0.467 e. The van der Waals surface area contributed by atoms with Crippen molar-refractivity contribution in [2.45, 2.75) is 32.7 Å². The van der Waals surface area contributed by atoms with E-state index in [9.17, 15) is 9.59 Å². The molecule has 0 atom stereocenters. The average molecular weight is 371 g/mol. The van der Waals surface area contributed by atoms with Gasteiger partial charge in [-0.15, -0.1) is 0 Å². The van der Waals surface area contributed by atoms with Crippen molar-refractivity contribution in [1.82, 2.24) is 14.9 Å². The van der Waals surface area contributed by atoms with E-state index < -0.39 is 0 Å². The van der Waals surface area contributed by atoms with Gasteiger partial charge in [-0.1, -0.05) is 19.8 Å². The van der Waals surface area contributed by atoms with E-state index in [0.717, 1.165) is 19.3 Å². The van der Waals surface area contributed by atoms with Crippen molar-refractivity contribution in [3.05, 3.63) is 63.0 Å². The summed E-state index contributed by atoms with van der Waals surface area (Å²) in [7, 11) is 0. The lowest BCUT2D eigenvalue weighted by Crippen LogP contribution is -2.25. The lowest BCUT2D eigenvalue weighted by molar-refractivity contribution is 0.0953. The predicted octanol–water partition coefficient (Wildman–Crippen LogP) is 3.62. The molecule has 1 amide bonds. The number of benzene rings is 1. The number of furan rings is 1. The number of rotatable bonds is 7. The third-order valence-electron chi connectivity index (χ3n) is 4.20. The highest BCUT2D eigenvalue weighted by atomic mass is 32.1. The first-order chi connectivity index (χ1) is 12.6. The van der Waals surface area contributed by atoms with Crippen molar-refractivity contribution in [1.29, 1.82) is 0 Å². The van der Waals surface area contributed by atoms with Gasteiger partial charge in [0.1, 0.15) is 5.76 Å². The molecule has 0 aliphatic heterocycles. The molecule has 0 spiro atoms. The standard InChI is InChI=1S/C19H21N3O3S/c1-2-3-4-9-20-17(23)13-7-8-15-16(11-13)21-19(26)22(18(15)24)12-14-6-5-10-25-14/h5-8,10-11H,2-4,9,12H2,1H3,(H,20,23)(H,21,26). The van der Waals surface area contributed by atoms with Crippen LogP contribution in [0.1, 0.15) is 42.3 Å². The number of nitrogens with one attached hydrogen (secondary N) is 2. The number of H-pyrrole nitrogens is 1. The fourth-order valence-electron chi connectivity index (χ4n) is 2.78. The Labute approximate surface area is 155 Å². The Kier molecular flexibility index (Phi) is 5.68. The fourth-order valence-corrected chi connectivity index (χ4v) is 3.03. The van der Waals surface area contributed by atoms with Crippen LogP contribution in [0.4, 0.5) is 0 Å². The van der Waals surface area contributed by atoms with Crippen LogP contribution in [-0.2, 0) is 6.54 Å². The van der Waals surface area contributed by atoms with Crippen molar-refractivity contribution in [2.24, 2.45) is 0 Å². The molecular weight excluding hydrogens is 350 g/mol. The Morgan fingerprint density at radius 2 is 2.15 bits per heavy atom. The van der Waals surface area contributed by atoms with Gasteiger partial charge in [0.15, 0.2) is 4.77 Å². The van der Waals surface area contributed by atoms with E-state index in [0.29, 0.717) is 33.5 Å². The van der Waals surface area contributed by atoms with Crippen LogP contribution >= 0.6 is 12.2 Å². The number of carbonyl (C=O) groups excluding carboxylic acids is 1. The first kappa shape index (κ1) is 18.1. The summed E-state index contributed by atoms with van der Waals surface area (Å²) in [6, 6.07) is 8.53. The third kappa shape index (κ3) is 3.94. The molecule has 3 rings (SSSR count). The molecule has 7 heteroatoms. The van der Waals surface area contributed by atoms with Gasteiger partial charge in [0.2, 0.25) is 0 Å². The Balaban J connectivity index is 1.88. The molecule has 0 unspecified atom stereocenters. The highest BCUT2D eigenvalue weighted by molar-refractivity contribution is 7.71. The van der Waals surface area contributed by atoms with Gasteiger partial charge in [-0.2, -0.15) is 0 Å². The van der Waals surface area contributed by atoms with Gasteiger partial charge in [0.05, 0.1) is 23.7 Å². The topological polar surface area (TPSA) is 80.0 Å². The van der Waals surface area contributed by atoms with Gasteiger partial charge < -0.3 is 14.7 Å². The fraction of sp³-hybridized carbons (Fsp3) is 0.316. The number of aromatic amines is 1. The molecule has 3 aromatic rings. The summed E-state index contributed by atoms with van der Waals surface area (Å²) in [6.07, 6.45) is 4.70. The zero-order valence-corrected chi connectivity index (χ0v) is 15.4. The molecule has 0 aliphatic rings. The molecule has 136 valence electrons. The molecule has 0 saturated carbocycles. The van der Waals surface area contributed by atoms with Gasteiger partial charge >= 0.3 is 0 Å². The van der Waals surface area contributed by atoms with Crippen molar-refractivity contribution in [3.8, 4) is 0 Å². The van der Waals surface area contributed by atoms with Crippen LogP contribution in [0.2, 0.25) is 0 Å². The molecule has 6 nitrogen and oxygen atoms in total. The summed E-state index contributed by atoms with van der Waals surface area (Å²) >= 11 is 5.31. The molecule has 26 heavy (non-hydrogen) atoms. The van der Waals surface area contributed by atoms with E-state index in [1.54, 1.807) is 36.6 Å². The summed E-state index contributed by atoms with van der Waals surface area (Å²) < 4.78 is 7.03. The first-order valence-electron chi connectivity index (χ1n) is 8.67. The van der Waals surface area contributed by atoms with Crippen molar-refractivity contribution in [3.63, 3.8) is 0 Å². The molecule has 1 aromatic carbocycles. The minimum Gasteiger partial charge on any atom is -0.467 e. The average Bonchev–Trinajstić information content (AvgIpc) is 3.15. The van der Waals surface area contributed by atoms with Crippen LogP contribution in [0.3, 0.4) is 0 Å². The molecule has 2 heterocycles. The Morgan fingerprint density at radius 3 is 2.88 bits per heavy atom. The van der Waals surface area contributed by atoms with Crippen LogP contribution < -0.4 is 10.9 Å². The molecule has 0 radical (unpaired) electrons. The third-order valence-corrected chi connectivity index (χ3v) is 4.53. The molecule has 2 aromatic heterocycles. The van der Waals surface area contributed by atoms with Gasteiger partial charge in [-0.05, 0) is 49.0 Å². The predicted molar refractivity (Wildman–Crippen MR) is 103 cm³/mol.